The highest BCUT2D eigenvalue weighted by atomic mass is 32.1. The second-order valence-electron chi connectivity index (χ2n) is 6.93. The van der Waals surface area contributed by atoms with Crippen LogP contribution in [0.2, 0.25) is 0 Å². The van der Waals surface area contributed by atoms with Crippen molar-refractivity contribution in [1.82, 2.24) is 4.98 Å². The number of ether oxygens (including phenoxy) is 1. The molecule has 1 aromatic heterocycles. The molecule has 0 fully saturated rings. The molecule has 1 amide bonds. The monoisotopic (exact) mass is 442 g/mol. The maximum absolute atomic E-state index is 13.2. The number of carbonyl (C=O) groups is 1. The van der Waals surface area contributed by atoms with Crippen LogP contribution in [0.15, 0.2) is 60.7 Å². The van der Waals surface area contributed by atoms with Gasteiger partial charge < -0.3 is 10.1 Å². The maximum Gasteiger partial charge on any atom is 0.419 e. The number of carbonyl (C=O) groups excluding carboxylic acids is 1. The largest absolute Gasteiger partial charge is 0.496 e. The number of hydrogen-bond acceptors (Lipinski definition) is 4. The first-order valence-corrected chi connectivity index (χ1v) is 10.1. The molecule has 0 atom stereocenters. The van der Waals surface area contributed by atoms with Crippen molar-refractivity contribution in [3.8, 4) is 16.3 Å². The van der Waals surface area contributed by atoms with Gasteiger partial charge in [-0.05, 0) is 67.1 Å². The number of benzene rings is 3. The predicted octanol–water partition coefficient (Wildman–Crippen LogP) is 6.55. The number of rotatable bonds is 4. The minimum Gasteiger partial charge on any atom is -0.496 e. The number of fused-ring (bicyclic) bond motifs is 1. The first-order valence-electron chi connectivity index (χ1n) is 9.29. The topological polar surface area (TPSA) is 51.2 Å². The fraction of sp³-hybridized carbons (Fsp3) is 0.130. The molecule has 4 rings (SSSR count). The van der Waals surface area contributed by atoms with Crippen LogP contribution in [-0.4, -0.2) is 18.0 Å². The second kappa shape index (κ2) is 8.03. The first-order chi connectivity index (χ1) is 14.7. The Morgan fingerprint density at radius 1 is 1.03 bits per heavy atom. The van der Waals surface area contributed by atoms with E-state index < -0.39 is 17.6 Å². The van der Waals surface area contributed by atoms with Crippen molar-refractivity contribution >= 4 is 33.1 Å². The molecule has 158 valence electrons. The molecule has 0 saturated heterocycles. The fourth-order valence-electron chi connectivity index (χ4n) is 3.13. The Labute approximate surface area is 180 Å². The van der Waals surface area contributed by atoms with Gasteiger partial charge in [0.25, 0.3) is 5.91 Å². The van der Waals surface area contributed by atoms with Gasteiger partial charge in [0, 0.05) is 16.8 Å². The fourth-order valence-corrected chi connectivity index (χ4v) is 4.19. The average molecular weight is 442 g/mol. The summed E-state index contributed by atoms with van der Waals surface area (Å²) in [6.45, 7) is 2.02. The maximum atomic E-state index is 13.2. The molecule has 8 heteroatoms. The highest BCUT2D eigenvalue weighted by Crippen LogP contribution is 2.37. The number of nitrogens with zero attached hydrogens (tertiary/aromatic N) is 1. The smallest absolute Gasteiger partial charge is 0.419 e. The zero-order valence-electron chi connectivity index (χ0n) is 16.6. The number of anilines is 1. The van der Waals surface area contributed by atoms with Crippen molar-refractivity contribution in [2.75, 3.05) is 12.4 Å². The Balaban J connectivity index is 1.54. The van der Waals surface area contributed by atoms with Crippen LogP contribution in [0, 0.1) is 6.92 Å². The van der Waals surface area contributed by atoms with E-state index in [4.69, 9.17) is 4.74 Å². The first kappa shape index (κ1) is 20.9. The van der Waals surface area contributed by atoms with Gasteiger partial charge in [0.15, 0.2) is 0 Å². The molecule has 4 nitrogen and oxygen atoms in total. The normalized spacial score (nSPS) is 11.5. The molecule has 0 aliphatic heterocycles. The van der Waals surface area contributed by atoms with Gasteiger partial charge in [0.05, 0.1) is 22.9 Å². The van der Waals surface area contributed by atoms with Crippen molar-refractivity contribution < 1.29 is 22.7 Å². The van der Waals surface area contributed by atoms with Gasteiger partial charge in [-0.1, -0.05) is 6.07 Å². The van der Waals surface area contributed by atoms with Crippen LogP contribution in [-0.2, 0) is 6.18 Å². The number of aryl methyl sites for hydroxylation is 1. The van der Waals surface area contributed by atoms with Gasteiger partial charge in [0.2, 0.25) is 0 Å². The van der Waals surface area contributed by atoms with Crippen molar-refractivity contribution in [3.05, 3.63) is 77.4 Å². The number of halogens is 3. The molecular formula is C23H17F3N2O2S. The van der Waals surface area contributed by atoms with E-state index in [1.54, 1.807) is 23.5 Å². The lowest BCUT2D eigenvalue weighted by atomic mass is 10.1. The summed E-state index contributed by atoms with van der Waals surface area (Å²) in [7, 11) is 1.15. The van der Waals surface area contributed by atoms with Crippen molar-refractivity contribution in [3.63, 3.8) is 0 Å². The Kier molecular flexibility index (Phi) is 5.41. The number of thiazole rings is 1. The third-order valence-electron chi connectivity index (χ3n) is 4.70. The third kappa shape index (κ3) is 4.39. The van der Waals surface area contributed by atoms with E-state index in [1.807, 2.05) is 31.2 Å². The summed E-state index contributed by atoms with van der Waals surface area (Å²) < 4.78 is 45.4. The van der Waals surface area contributed by atoms with Crippen LogP contribution in [0.25, 0.3) is 20.8 Å². The summed E-state index contributed by atoms with van der Waals surface area (Å²) in [4.78, 5) is 17.1. The molecule has 3 aromatic carbocycles. The molecule has 0 bridgehead atoms. The lowest BCUT2D eigenvalue weighted by Crippen LogP contribution is -2.14. The SMILES string of the molecule is COc1ccc(C(=O)Nc2ccc(-c3nc4ccc(C)cc4s3)cc2)cc1C(F)(F)F. The molecule has 4 aromatic rings. The molecule has 31 heavy (non-hydrogen) atoms. The molecule has 0 radical (unpaired) electrons. The Bertz CT molecular complexity index is 1260. The van der Waals surface area contributed by atoms with E-state index in [9.17, 15) is 18.0 Å². The predicted molar refractivity (Wildman–Crippen MR) is 116 cm³/mol. The summed E-state index contributed by atoms with van der Waals surface area (Å²) in [5.74, 6) is -0.976. The van der Waals surface area contributed by atoms with E-state index in [2.05, 4.69) is 16.4 Å². The number of methoxy groups -OCH3 is 1. The zero-order valence-corrected chi connectivity index (χ0v) is 17.4. The Morgan fingerprint density at radius 2 is 1.77 bits per heavy atom. The second-order valence-corrected chi connectivity index (χ2v) is 7.97. The Morgan fingerprint density at radius 3 is 2.45 bits per heavy atom. The number of hydrogen-bond donors (Lipinski definition) is 1. The number of amides is 1. The molecular weight excluding hydrogens is 425 g/mol. The average Bonchev–Trinajstić information content (AvgIpc) is 3.16. The summed E-state index contributed by atoms with van der Waals surface area (Å²) in [5.41, 5.74) is 2.33. The lowest BCUT2D eigenvalue weighted by molar-refractivity contribution is -0.138. The lowest BCUT2D eigenvalue weighted by Gasteiger charge is -2.13. The number of alkyl halides is 3. The van der Waals surface area contributed by atoms with Gasteiger partial charge >= 0.3 is 6.18 Å². The van der Waals surface area contributed by atoms with Crippen LogP contribution in [0.5, 0.6) is 5.75 Å². The van der Waals surface area contributed by atoms with Crippen molar-refractivity contribution in [2.45, 2.75) is 13.1 Å². The highest BCUT2D eigenvalue weighted by molar-refractivity contribution is 7.21. The van der Waals surface area contributed by atoms with E-state index in [-0.39, 0.29) is 11.3 Å². The summed E-state index contributed by atoms with van der Waals surface area (Å²) in [5, 5.41) is 3.47. The van der Waals surface area contributed by atoms with E-state index >= 15 is 0 Å². The molecule has 0 aliphatic rings. The van der Waals surface area contributed by atoms with Gasteiger partial charge in [-0.25, -0.2) is 4.98 Å². The quantitative estimate of drug-likeness (QED) is 0.390. The van der Waals surface area contributed by atoms with Gasteiger partial charge in [-0.3, -0.25) is 4.79 Å². The molecule has 0 aliphatic carbocycles. The minimum atomic E-state index is -4.63. The summed E-state index contributed by atoms with van der Waals surface area (Å²) in [6, 6.07) is 16.3. The number of nitrogens with one attached hydrogen (secondary N) is 1. The summed E-state index contributed by atoms with van der Waals surface area (Å²) in [6.07, 6.45) is -4.63. The Hall–Kier alpha value is -3.39. The molecule has 1 heterocycles. The van der Waals surface area contributed by atoms with E-state index in [0.29, 0.717) is 5.69 Å². The van der Waals surface area contributed by atoms with Crippen LogP contribution < -0.4 is 10.1 Å². The van der Waals surface area contributed by atoms with Gasteiger partial charge in [-0.15, -0.1) is 11.3 Å². The van der Waals surface area contributed by atoms with Gasteiger partial charge in [0.1, 0.15) is 10.8 Å². The van der Waals surface area contributed by atoms with Crippen LogP contribution in [0.4, 0.5) is 18.9 Å². The highest BCUT2D eigenvalue weighted by Gasteiger charge is 2.35. The minimum absolute atomic E-state index is 0.112. The molecule has 0 unspecified atom stereocenters. The zero-order chi connectivity index (χ0) is 22.2. The van der Waals surface area contributed by atoms with E-state index in [1.165, 1.54) is 6.07 Å². The number of aromatic nitrogens is 1. The van der Waals surface area contributed by atoms with Crippen LogP contribution >= 0.6 is 11.3 Å². The standard InChI is InChI=1S/C23H17F3N2O2S/c1-13-3-9-18-20(11-13)31-22(28-18)14-4-7-16(8-5-14)27-21(29)15-6-10-19(30-2)17(12-15)23(24,25)26/h3-12H,1-2H3,(H,27,29). The molecule has 1 N–H and O–H groups in total. The third-order valence-corrected chi connectivity index (χ3v) is 5.77. The van der Waals surface area contributed by atoms with Gasteiger partial charge in [-0.2, -0.15) is 13.2 Å². The molecule has 0 spiro atoms. The molecule has 0 saturated carbocycles. The van der Waals surface area contributed by atoms with Crippen molar-refractivity contribution in [2.24, 2.45) is 0 Å². The summed E-state index contributed by atoms with van der Waals surface area (Å²) >= 11 is 1.57. The van der Waals surface area contributed by atoms with Crippen LogP contribution in [0.1, 0.15) is 21.5 Å². The van der Waals surface area contributed by atoms with Crippen molar-refractivity contribution in [1.29, 1.82) is 0 Å². The van der Waals surface area contributed by atoms with Crippen LogP contribution in [0.3, 0.4) is 0 Å². The van der Waals surface area contributed by atoms with E-state index in [0.717, 1.165) is 45.6 Å².